The highest BCUT2D eigenvalue weighted by molar-refractivity contribution is 5.88. The van der Waals surface area contributed by atoms with E-state index < -0.39 is 34.7 Å². The quantitative estimate of drug-likeness (QED) is 0.925. The van der Waals surface area contributed by atoms with E-state index in [1.54, 1.807) is 0 Å². The zero-order chi connectivity index (χ0) is 14.0. The van der Waals surface area contributed by atoms with Crippen molar-refractivity contribution in [3.8, 4) is 11.5 Å². The van der Waals surface area contributed by atoms with E-state index in [1.165, 1.54) is 12.1 Å². The van der Waals surface area contributed by atoms with Crippen LogP contribution in [0, 0.1) is 17.5 Å². The summed E-state index contributed by atoms with van der Waals surface area (Å²) in [6, 6.07) is 5.80. The van der Waals surface area contributed by atoms with Gasteiger partial charge in [-0.15, -0.1) is 0 Å². The summed E-state index contributed by atoms with van der Waals surface area (Å²) in [6.45, 7) is 0. The second-order valence-electron chi connectivity index (χ2n) is 3.62. The SMILES string of the molecule is O=C(O)c1cc(F)c(Oc2ccc(F)cc2)cc1F. The van der Waals surface area contributed by atoms with Crippen LogP contribution in [0.25, 0.3) is 0 Å². The number of rotatable bonds is 3. The molecule has 3 nitrogen and oxygen atoms in total. The molecule has 98 valence electrons. The number of hydrogen-bond donors (Lipinski definition) is 1. The molecule has 2 aromatic carbocycles. The molecule has 2 aromatic rings. The van der Waals surface area contributed by atoms with Crippen LogP contribution in [0.4, 0.5) is 13.2 Å². The minimum atomic E-state index is -1.58. The molecular formula is C13H7F3O3. The molecule has 0 saturated carbocycles. The lowest BCUT2D eigenvalue weighted by molar-refractivity contribution is 0.0691. The lowest BCUT2D eigenvalue weighted by Crippen LogP contribution is -2.02. The van der Waals surface area contributed by atoms with Crippen LogP contribution in [0.5, 0.6) is 11.5 Å². The average Bonchev–Trinajstić information content (AvgIpc) is 2.35. The molecule has 19 heavy (non-hydrogen) atoms. The zero-order valence-electron chi connectivity index (χ0n) is 9.36. The van der Waals surface area contributed by atoms with E-state index in [0.717, 1.165) is 12.1 Å². The van der Waals surface area contributed by atoms with Gasteiger partial charge in [-0.2, -0.15) is 0 Å². The predicted octanol–water partition coefficient (Wildman–Crippen LogP) is 3.59. The summed E-state index contributed by atoms with van der Waals surface area (Å²) in [4.78, 5) is 10.6. The van der Waals surface area contributed by atoms with Crippen molar-refractivity contribution in [1.82, 2.24) is 0 Å². The Morgan fingerprint density at radius 3 is 2.21 bits per heavy atom. The number of carboxylic acids is 1. The molecule has 0 radical (unpaired) electrons. The van der Waals surface area contributed by atoms with E-state index in [2.05, 4.69) is 0 Å². The van der Waals surface area contributed by atoms with Crippen molar-refractivity contribution >= 4 is 5.97 Å². The van der Waals surface area contributed by atoms with E-state index in [1.807, 2.05) is 0 Å². The zero-order valence-corrected chi connectivity index (χ0v) is 9.36. The van der Waals surface area contributed by atoms with Crippen molar-refractivity contribution in [3.05, 3.63) is 59.4 Å². The Morgan fingerprint density at radius 2 is 1.63 bits per heavy atom. The van der Waals surface area contributed by atoms with Gasteiger partial charge < -0.3 is 9.84 Å². The smallest absolute Gasteiger partial charge is 0.338 e. The average molecular weight is 268 g/mol. The van der Waals surface area contributed by atoms with Crippen LogP contribution < -0.4 is 4.74 Å². The van der Waals surface area contributed by atoms with Gasteiger partial charge in [0, 0.05) is 6.07 Å². The fourth-order valence-electron chi connectivity index (χ4n) is 1.40. The third-order valence-electron chi connectivity index (χ3n) is 2.29. The lowest BCUT2D eigenvalue weighted by atomic mass is 10.2. The fourth-order valence-corrected chi connectivity index (χ4v) is 1.40. The van der Waals surface area contributed by atoms with Crippen LogP contribution >= 0.6 is 0 Å². The Hall–Kier alpha value is -2.50. The number of ether oxygens (including phenoxy) is 1. The standard InChI is InChI=1S/C13H7F3O3/c14-7-1-3-8(4-2-7)19-12-6-10(15)9(13(17)18)5-11(12)16/h1-6H,(H,17,18). The predicted molar refractivity (Wildman–Crippen MR) is 59.8 cm³/mol. The van der Waals surface area contributed by atoms with Crippen LogP contribution in [0.2, 0.25) is 0 Å². The number of benzene rings is 2. The molecule has 0 aromatic heterocycles. The number of halogens is 3. The molecule has 0 heterocycles. The molecule has 0 bridgehead atoms. The van der Waals surface area contributed by atoms with E-state index in [0.29, 0.717) is 12.1 Å². The molecule has 0 unspecified atom stereocenters. The van der Waals surface area contributed by atoms with Crippen LogP contribution in [-0.4, -0.2) is 11.1 Å². The highest BCUT2D eigenvalue weighted by atomic mass is 19.1. The first kappa shape index (κ1) is 12.9. The summed E-state index contributed by atoms with van der Waals surface area (Å²) in [5.74, 6) is -4.60. The number of aromatic carboxylic acids is 1. The number of carboxylic acid groups (broad SMARTS) is 1. The lowest BCUT2D eigenvalue weighted by Gasteiger charge is -2.08. The largest absolute Gasteiger partial charge is 0.478 e. The summed E-state index contributed by atoms with van der Waals surface area (Å²) in [5.41, 5.74) is -0.788. The molecule has 0 fully saturated rings. The molecule has 6 heteroatoms. The molecule has 0 amide bonds. The van der Waals surface area contributed by atoms with Crippen LogP contribution in [-0.2, 0) is 0 Å². The summed E-state index contributed by atoms with van der Waals surface area (Å²) in [5, 5.41) is 8.61. The van der Waals surface area contributed by atoms with E-state index >= 15 is 0 Å². The Morgan fingerprint density at radius 1 is 1.00 bits per heavy atom. The first-order valence-corrected chi connectivity index (χ1v) is 5.13. The minimum absolute atomic E-state index is 0.0998. The first-order valence-electron chi connectivity index (χ1n) is 5.13. The molecule has 0 aliphatic carbocycles. The van der Waals surface area contributed by atoms with Gasteiger partial charge >= 0.3 is 5.97 Å². The normalized spacial score (nSPS) is 10.3. The van der Waals surface area contributed by atoms with Crippen molar-refractivity contribution in [1.29, 1.82) is 0 Å². The first-order chi connectivity index (χ1) is 8.97. The van der Waals surface area contributed by atoms with Crippen LogP contribution in [0.3, 0.4) is 0 Å². The van der Waals surface area contributed by atoms with Gasteiger partial charge in [0.1, 0.15) is 17.4 Å². The fraction of sp³-hybridized carbons (Fsp3) is 0. The number of carbonyl (C=O) groups is 1. The van der Waals surface area contributed by atoms with Crippen LogP contribution in [0.15, 0.2) is 36.4 Å². The third-order valence-corrected chi connectivity index (χ3v) is 2.29. The maximum absolute atomic E-state index is 13.5. The molecule has 0 spiro atoms. The second-order valence-corrected chi connectivity index (χ2v) is 3.62. The van der Waals surface area contributed by atoms with Crippen molar-refractivity contribution in [2.24, 2.45) is 0 Å². The maximum atomic E-state index is 13.5. The third kappa shape index (κ3) is 2.85. The molecule has 0 aliphatic rings. The number of hydrogen-bond acceptors (Lipinski definition) is 2. The highest BCUT2D eigenvalue weighted by Gasteiger charge is 2.16. The Balaban J connectivity index is 2.33. The van der Waals surface area contributed by atoms with E-state index in [-0.39, 0.29) is 5.75 Å². The molecule has 0 atom stereocenters. The van der Waals surface area contributed by atoms with Gasteiger partial charge in [-0.25, -0.2) is 18.0 Å². The van der Waals surface area contributed by atoms with Gasteiger partial charge in [0.15, 0.2) is 11.6 Å². The van der Waals surface area contributed by atoms with Crippen molar-refractivity contribution in [2.75, 3.05) is 0 Å². The van der Waals surface area contributed by atoms with Crippen molar-refractivity contribution in [2.45, 2.75) is 0 Å². The minimum Gasteiger partial charge on any atom is -0.478 e. The molecule has 1 N–H and O–H groups in total. The monoisotopic (exact) mass is 268 g/mol. The van der Waals surface area contributed by atoms with E-state index in [9.17, 15) is 18.0 Å². The van der Waals surface area contributed by atoms with Gasteiger partial charge in [-0.1, -0.05) is 0 Å². The Bertz CT molecular complexity index is 624. The van der Waals surface area contributed by atoms with Gasteiger partial charge in [-0.05, 0) is 30.3 Å². The highest BCUT2D eigenvalue weighted by Crippen LogP contribution is 2.27. The topological polar surface area (TPSA) is 46.5 Å². The van der Waals surface area contributed by atoms with Gasteiger partial charge in [0.05, 0.1) is 5.56 Å². The van der Waals surface area contributed by atoms with Gasteiger partial charge in [0.2, 0.25) is 0 Å². The maximum Gasteiger partial charge on any atom is 0.338 e. The van der Waals surface area contributed by atoms with Crippen LogP contribution in [0.1, 0.15) is 10.4 Å². The Labute approximate surface area is 105 Å². The summed E-state index contributed by atoms with van der Waals surface area (Å²) < 4.78 is 44.5. The van der Waals surface area contributed by atoms with Gasteiger partial charge in [0.25, 0.3) is 0 Å². The summed E-state index contributed by atoms with van der Waals surface area (Å²) >= 11 is 0. The summed E-state index contributed by atoms with van der Waals surface area (Å²) in [7, 11) is 0. The van der Waals surface area contributed by atoms with Crippen molar-refractivity contribution < 1.29 is 27.8 Å². The molecule has 0 aliphatic heterocycles. The Kier molecular flexibility index (Phi) is 3.41. The van der Waals surface area contributed by atoms with Crippen molar-refractivity contribution in [3.63, 3.8) is 0 Å². The van der Waals surface area contributed by atoms with E-state index in [4.69, 9.17) is 9.84 Å². The molecule has 0 saturated heterocycles. The molecular weight excluding hydrogens is 261 g/mol. The second kappa shape index (κ2) is 5.01. The summed E-state index contributed by atoms with van der Waals surface area (Å²) in [6.07, 6.45) is 0. The molecule has 2 rings (SSSR count). The van der Waals surface area contributed by atoms with Gasteiger partial charge in [-0.3, -0.25) is 0 Å².